The third-order valence-electron chi connectivity index (χ3n) is 5.39. The average molecular weight is 462 g/mol. The first kappa shape index (κ1) is 21.0. The van der Waals surface area contributed by atoms with E-state index in [1.807, 2.05) is 18.2 Å². The molecule has 2 heterocycles. The van der Waals surface area contributed by atoms with Crippen LogP contribution in [-0.2, 0) is 4.79 Å². The van der Waals surface area contributed by atoms with Crippen LogP contribution < -0.4 is 0 Å². The van der Waals surface area contributed by atoms with Crippen LogP contribution in [0.4, 0.5) is 0 Å². The summed E-state index contributed by atoms with van der Waals surface area (Å²) >= 11 is 18.4. The molecule has 1 aliphatic rings. The quantitative estimate of drug-likeness (QED) is 0.353. The molecule has 4 rings (SSSR count). The van der Waals surface area contributed by atoms with Gasteiger partial charge in [-0.1, -0.05) is 71.2 Å². The molecule has 1 aromatic heterocycles. The third-order valence-corrected chi connectivity index (χ3v) is 6.65. The van der Waals surface area contributed by atoms with E-state index >= 15 is 0 Å². The lowest BCUT2D eigenvalue weighted by atomic mass is 9.99. The molecule has 0 unspecified atom stereocenters. The maximum Gasteiger partial charge on any atom is 0.223 e. The minimum absolute atomic E-state index is 0.0225. The smallest absolute Gasteiger partial charge is 0.223 e. The molecule has 0 saturated carbocycles. The van der Waals surface area contributed by atoms with Crippen molar-refractivity contribution in [2.45, 2.75) is 19.3 Å². The van der Waals surface area contributed by atoms with E-state index in [-0.39, 0.29) is 39.6 Å². The number of Topliss-reactive ketones (excluding diaryl/α,β-unsaturated/α-hetero) is 1. The first-order valence-corrected chi connectivity index (χ1v) is 10.8. The fourth-order valence-corrected chi connectivity index (χ4v) is 4.38. The van der Waals surface area contributed by atoms with Crippen molar-refractivity contribution in [2.75, 3.05) is 13.1 Å². The van der Waals surface area contributed by atoms with Crippen molar-refractivity contribution in [1.82, 2.24) is 9.88 Å². The number of aromatic nitrogens is 1. The second-order valence-electron chi connectivity index (χ2n) is 7.22. The first-order chi connectivity index (χ1) is 14.5. The fraction of sp³-hybridized carbons (Fsp3) is 0.217. The van der Waals surface area contributed by atoms with Crippen molar-refractivity contribution >= 4 is 63.0 Å². The predicted octanol–water partition coefficient (Wildman–Crippen LogP) is 6.41. The van der Waals surface area contributed by atoms with Gasteiger partial charge in [0.05, 0.1) is 20.6 Å². The molecule has 3 aromatic rings. The average Bonchev–Trinajstić information content (AvgIpc) is 3.20. The van der Waals surface area contributed by atoms with E-state index in [9.17, 15) is 9.59 Å². The van der Waals surface area contributed by atoms with Crippen molar-refractivity contribution < 1.29 is 9.59 Å². The number of hydrogen-bond acceptors (Lipinski definition) is 2. The largest absolute Gasteiger partial charge is 0.359 e. The Labute approximate surface area is 189 Å². The van der Waals surface area contributed by atoms with Crippen LogP contribution in [0.2, 0.25) is 15.1 Å². The van der Waals surface area contributed by atoms with Gasteiger partial charge in [0, 0.05) is 43.1 Å². The summed E-state index contributed by atoms with van der Waals surface area (Å²) in [6.07, 6.45) is 4.77. The zero-order chi connectivity index (χ0) is 21.3. The molecule has 4 nitrogen and oxygen atoms in total. The van der Waals surface area contributed by atoms with E-state index in [1.54, 1.807) is 17.2 Å². The van der Waals surface area contributed by atoms with E-state index in [0.717, 1.165) is 6.42 Å². The molecule has 0 radical (unpaired) electrons. The Kier molecular flexibility index (Phi) is 6.19. The second-order valence-corrected chi connectivity index (χ2v) is 8.38. The van der Waals surface area contributed by atoms with Gasteiger partial charge in [-0.3, -0.25) is 9.59 Å². The lowest BCUT2D eigenvalue weighted by Crippen LogP contribution is -2.34. The van der Waals surface area contributed by atoms with Gasteiger partial charge in [-0.05, 0) is 23.6 Å². The summed E-state index contributed by atoms with van der Waals surface area (Å²) in [6.45, 7) is 1.22. The second kappa shape index (κ2) is 8.84. The van der Waals surface area contributed by atoms with Gasteiger partial charge in [0.15, 0.2) is 5.78 Å². The molecule has 154 valence electrons. The number of rotatable bonds is 5. The number of benzene rings is 2. The van der Waals surface area contributed by atoms with Crippen molar-refractivity contribution in [2.24, 2.45) is 0 Å². The van der Waals surface area contributed by atoms with Crippen molar-refractivity contribution in [3.8, 4) is 0 Å². The molecular weight excluding hydrogens is 443 g/mol. The Bertz CT molecular complexity index is 1150. The van der Waals surface area contributed by atoms with Gasteiger partial charge in [-0.15, -0.1) is 0 Å². The highest BCUT2D eigenvalue weighted by Gasteiger charge is 2.21. The number of H-pyrrole nitrogens is 1. The standard InChI is InChI=1S/C23H19Cl3N2O2/c24-18-12-16-17(13-27-23(16)22(26)21(18)25)19(29)6-7-20(30)28-10-8-15(9-11-28)14-4-2-1-3-5-14/h1-5,8,12-13,27H,6-7,9-11H2. The number of aromatic amines is 1. The van der Waals surface area contributed by atoms with Crippen LogP contribution in [0.1, 0.15) is 35.2 Å². The number of carbonyl (C=O) groups excluding carboxylic acids is 2. The number of ketones is 1. The minimum Gasteiger partial charge on any atom is -0.359 e. The third kappa shape index (κ3) is 4.13. The molecule has 0 bridgehead atoms. The topological polar surface area (TPSA) is 53.2 Å². The number of nitrogens with zero attached hydrogens (tertiary/aromatic N) is 1. The van der Waals surface area contributed by atoms with E-state index in [0.29, 0.717) is 29.6 Å². The molecular formula is C23H19Cl3N2O2. The molecule has 30 heavy (non-hydrogen) atoms. The molecule has 1 amide bonds. The summed E-state index contributed by atoms with van der Waals surface area (Å²) in [5, 5.41) is 1.42. The molecule has 0 aliphatic carbocycles. The van der Waals surface area contributed by atoms with Crippen LogP contribution >= 0.6 is 34.8 Å². The summed E-state index contributed by atoms with van der Waals surface area (Å²) in [5.74, 6) is -0.160. The monoisotopic (exact) mass is 460 g/mol. The van der Waals surface area contributed by atoms with Crippen molar-refractivity contribution in [3.63, 3.8) is 0 Å². The van der Waals surface area contributed by atoms with Gasteiger partial charge >= 0.3 is 0 Å². The molecule has 0 spiro atoms. The first-order valence-electron chi connectivity index (χ1n) is 9.65. The van der Waals surface area contributed by atoms with Gasteiger partial charge in [0.25, 0.3) is 0 Å². The molecule has 0 fully saturated rings. The highest BCUT2D eigenvalue weighted by molar-refractivity contribution is 6.50. The number of halogens is 3. The van der Waals surface area contributed by atoms with Crippen molar-refractivity contribution in [3.05, 3.63) is 74.9 Å². The molecule has 2 aromatic carbocycles. The Hall–Kier alpha value is -2.27. The summed E-state index contributed by atoms with van der Waals surface area (Å²) in [4.78, 5) is 30.1. The maximum absolute atomic E-state index is 12.7. The number of fused-ring (bicyclic) bond motifs is 1. The van der Waals surface area contributed by atoms with Crippen LogP contribution in [0.15, 0.2) is 48.7 Å². The highest BCUT2D eigenvalue weighted by atomic mass is 35.5. The van der Waals surface area contributed by atoms with Crippen LogP contribution in [-0.4, -0.2) is 34.7 Å². The van der Waals surface area contributed by atoms with Gasteiger partial charge in [-0.25, -0.2) is 0 Å². The van der Waals surface area contributed by atoms with E-state index < -0.39 is 0 Å². The molecule has 1 N–H and O–H groups in total. The van der Waals surface area contributed by atoms with Gasteiger partial charge in [0.1, 0.15) is 0 Å². The van der Waals surface area contributed by atoms with E-state index in [2.05, 4.69) is 23.2 Å². The summed E-state index contributed by atoms with van der Waals surface area (Å²) < 4.78 is 0. The van der Waals surface area contributed by atoms with Gasteiger partial charge in [-0.2, -0.15) is 0 Å². The summed E-state index contributed by atoms with van der Waals surface area (Å²) in [6, 6.07) is 11.8. The molecule has 7 heteroatoms. The normalized spacial score (nSPS) is 14.1. The highest BCUT2D eigenvalue weighted by Crippen LogP contribution is 2.37. The molecule has 0 atom stereocenters. The zero-order valence-corrected chi connectivity index (χ0v) is 18.3. The Morgan fingerprint density at radius 3 is 2.50 bits per heavy atom. The number of carbonyl (C=O) groups is 2. The summed E-state index contributed by atoms with van der Waals surface area (Å²) in [7, 11) is 0. The van der Waals surface area contributed by atoms with Crippen LogP contribution in [0.3, 0.4) is 0 Å². The van der Waals surface area contributed by atoms with E-state index in [4.69, 9.17) is 34.8 Å². The minimum atomic E-state index is -0.137. The van der Waals surface area contributed by atoms with Gasteiger partial charge in [0.2, 0.25) is 5.91 Å². The fourth-order valence-electron chi connectivity index (χ4n) is 3.72. The van der Waals surface area contributed by atoms with Crippen LogP contribution in [0, 0.1) is 0 Å². The number of amides is 1. The molecule has 0 saturated heterocycles. The molecule has 1 aliphatic heterocycles. The maximum atomic E-state index is 12.7. The van der Waals surface area contributed by atoms with Crippen molar-refractivity contribution in [1.29, 1.82) is 0 Å². The predicted molar refractivity (Wildman–Crippen MR) is 123 cm³/mol. The Balaban J connectivity index is 1.40. The SMILES string of the molecule is O=C(CCC(=O)N1CC=C(c2ccccc2)CC1)c1c[nH]c2c(Cl)c(Cl)c(Cl)cc12. The van der Waals surface area contributed by atoms with E-state index in [1.165, 1.54) is 11.1 Å². The lowest BCUT2D eigenvalue weighted by molar-refractivity contribution is -0.130. The number of hydrogen-bond donors (Lipinski definition) is 1. The Morgan fingerprint density at radius 2 is 1.80 bits per heavy atom. The Morgan fingerprint density at radius 1 is 1.03 bits per heavy atom. The summed E-state index contributed by atoms with van der Waals surface area (Å²) in [5.41, 5.74) is 3.47. The van der Waals surface area contributed by atoms with Crippen LogP contribution in [0.25, 0.3) is 16.5 Å². The van der Waals surface area contributed by atoms with Gasteiger partial charge < -0.3 is 9.88 Å². The number of nitrogens with one attached hydrogen (secondary N) is 1. The lowest BCUT2D eigenvalue weighted by Gasteiger charge is -2.26. The zero-order valence-electron chi connectivity index (χ0n) is 16.1. The van der Waals surface area contributed by atoms with Crippen LogP contribution in [0.5, 0.6) is 0 Å².